The van der Waals surface area contributed by atoms with Crippen molar-refractivity contribution in [2.45, 2.75) is 77.1 Å². The molecule has 2 fully saturated rings. The van der Waals surface area contributed by atoms with Gasteiger partial charge < -0.3 is 29.9 Å². The van der Waals surface area contributed by atoms with E-state index < -0.39 is 12.3 Å². The average molecular weight is 525 g/mol. The number of aliphatic hydroxyl groups is 1. The van der Waals surface area contributed by atoms with Crippen molar-refractivity contribution in [3.63, 3.8) is 0 Å². The summed E-state index contributed by atoms with van der Waals surface area (Å²) in [7, 11) is 0. The highest BCUT2D eigenvalue weighted by Gasteiger charge is 2.39. The van der Waals surface area contributed by atoms with Gasteiger partial charge in [-0.05, 0) is 49.0 Å². The van der Waals surface area contributed by atoms with Gasteiger partial charge in [0.2, 0.25) is 5.91 Å². The number of aliphatic carboxylic acids is 1. The fourth-order valence-corrected chi connectivity index (χ4v) is 5.21. The molecule has 0 spiro atoms. The normalized spacial score (nSPS) is 24.2. The molecule has 2 aliphatic heterocycles. The van der Waals surface area contributed by atoms with E-state index in [1.54, 1.807) is 0 Å². The van der Waals surface area contributed by atoms with E-state index >= 15 is 0 Å². The third-order valence-electron chi connectivity index (χ3n) is 7.55. The fourth-order valence-electron chi connectivity index (χ4n) is 5.21. The molecule has 38 heavy (non-hydrogen) atoms. The highest BCUT2D eigenvalue weighted by molar-refractivity contribution is 5.76. The number of benzene rings is 2. The van der Waals surface area contributed by atoms with Gasteiger partial charge in [-0.1, -0.05) is 61.9 Å². The topological polar surface area (TPSA) is 108 Å². The molecule has 4 rings (SSSR count). The van der Waals surface area contributed by atoms with E-state index in [9.17, 15) is 14.7 Å². The van der Waals surface area contributed by atoms with Crippen molar-refractivity contribution in [2.75, 3.05) is 19.6 Å². The molecular weight excluding hydrogens is 484 g/mol. The number of amides is 1. The number of nitrogens with zero attached hydrogens (tertiary/aromatic N) is 1. The lowest BCUT2D eigenvalue weighted by atomic mass is 9.89. The lowest BCUT2D eigenvalue weighted by molar-refractivity contribution is -0.276. The number of aliphatic hydroxyl groups excluding tert-OH is 1. The summed E-state index contributed by atoms with van der Waals surface area (Å²) in [6, 6.07) is 15.8. The van der Waals surface area contributed by atoms with E-state index in [-0.39, 0.29) is 43.5 Å². The molecule has 0 aromatic heterocycles. The minimum Gasteiger partial charge on any atom is -0.481 e. The first-order valence-electron chi connectivity index (χ1n) is 13.7. The Labute approximate surface area is 224 Å². The summed E-state index contributed by atoms with van der Waals surface area (Å²) in [5.74, 6) is -0.889. The molecule has 0 bridgehead atoms. The Balaban J connectivity index is 1.43. The first-order chi connectivity index (χ1) is 18.4. The maximum Gasteiger partial charge on any atom is 0.303 e. The first kappa shape index (κ1) is 28.2. The van der Waals surface area contributed by atoms with Gasteiger partial charge in [0.25, 0.3) is 0 Å². The van der Waals surface area contributed by atoms with Crippen LogP contribution in [0, 0.1) is 5.92 Å². The van der Waals surface area contributed by atoms with E-state index in [1.807, 2.05) is 48.5 Å². The zero-order valence-electron chi connectivity index (χ0n) is 22.2. The monoisotopic (exact) mass is 524 g/mol. The van der Waals surface area contributed by atoms with Crippen molar-refractivity contribution >= 4 is 11.9 Å². The Kier molecular flexibility index (Phi) is 10.3. The van der Waals surface area contributed by atoms with Crippen LogP contribution in [0.3, 0.4) is 0 Å². The lowest BCUT2D eigenvalue weighted by Gasteiger charge is -2.43. The highest BCUT2D eigenvalue weighted by atomic mass is 16.7. The molecule has 206 valence electrons. The van der Waals surface area contributed by atoms with Crippen molar-refractivity contribution in [3.8, 4) is 0 Å². The predicted octanol–water partition coefficient (Wildman–Crippen LogP) is 4.33. The van der Waals surface area contributed by atoms with Gasteiger partial charge in [-0.3, -0.25) is 9.59 Å². The van der Waals surface area contributed by atoms with Gasteiger partial charge in [-0.15, -0.1) is 0 Å². The van der Waals surface area contributed by atoms with Crippen LogP contribution in [-0.2, 0) is 32.2 Å². The zero-order valence-corrected chi connectivity index (χ0v) is 22.2. The van der Waals surface area contributed by atoms with Crippen LogP contribution in [-0.4, -0.2) is 52.7 Å². The molecule has 2 heterocycles. The van der Waals surface area contributed by atoms with E-state index in [2.05, 4.69) is 17.1 Å². The van der Waals surface area contributed by atoms with Crippen LogP contribution in [0.2, 0.25) is 0 Å². The van der Waals surface area contributed by atoms with Crippen LogP contribution >= 0.6 is 0 Å². The number of piperidine rings is 1. The number of carboxylic acid groups (broad SMARTS) is 1. The third-order valence-corrected chi connectivity index (χ3v) is 7.55. The van der Waals surface area contributed by atoms with Crippen LogP contribution in [0.1, 0.15) is 80.1 Å². The van der Waals surface area contributed by atoms with E-state index in [4.69, 9.17) is 14.6 Å². The standard InChI is InChI=1S/C30H40N2O6/c1-21-26(19-32-16-3-2-4-17-32)37-30(38-29(21)24-12-10-23(20-33)11-13-24)25-14-8-22(9-15-25)18-31-27(34)6-5-7-28(35)36/h8-15,21,26,29-30,33H,2-7,16-20H2,1H3,(H,31,34)(H,35,36)/t21-,26+,29+,30+/m1/s1. The number of carbonyl (C=O) groups is 2. The summed E-state index contributed by atoms with van der Waals surface area (Å²) in [5.41, 5.74) is 3.83. The van der Waals surface area contributed by atoms with Crippen LogP contribution in [0.25, 0.3) is 0 Å². The van der Waals surface area contributed by atoms with Crippen LogP contribution in [0.4, 0.5) is 0 Å². The second kappa shape index (κ2) is 13.8. The van der Waals surface area contributed by atoms with Gasteiger partial charge in [0.1, 0.15) is 0 Å². The van der Waals surface area contributed by atoms with Crippen molar-refractivity contribution in [2.24, 2.45) is 5.92 Å². The number of rotatable bonds is 11. The highest BCUT2D eigenvalue weighted by Crippen LogP contribution is 2.42. The lowest BCUT2D eigenvalue weighted by Crippen LogP contribution is -2.45. The number of carboxylic acids is 1. The number of nitrogens with one attached hydrogen (secondary N) is 1. The van der Waals surface area contributed by atoms with E-state index in [0.29, 0.717) is 13.0 Å². The Morgan fingerprint density at radius 2 is 1.58 bits per heavy atom. The molecule has 2 aromatic carbocycles. The maximum absolute atomic E-state index is 12.0. The molecule has 8 nitrogen and oxygen atoms in total. The Morgan fingerprint density at radius 1 is 0.921 bits per heavy atom. The summed E-state index contributed by atoms with van der Waals surface area (Å²) in [5, 5.41) is 21.0. The first-order valence-corrected chi connectivity index (χ1v) is 13.7. The molecule has 2 aliphatic rings. The van der Waals surface area contributed by atoms with Crippen molar-refractivity contribution in [1.82, 2.24) is 10.2 Å². The second-order valence-corrected chi connectivity index (χ2v) is 10.4. The molecular formula is C30H40N2O6. The molecule has 2 aromatic rings. The molecule has 3 N–H and O–H groups in total. The summed E-state index contributed by atoms with van der Waals surface area (Å²) < 4.78 is 13.1. The minimum absolute atomic E-state index is 0.00650. The molecule has 8 heteroatoms. The molecule has 0 saturated carbocycles. The molecule has 1 amide bonds. The van der Waals surface area contributed by atoms with Gasteiger partial charge >= 0.3 is 5.97 Å². The smallest absolute Gasteiger partial charge is 0.303 e. The molecule has 0 aliphatic carbocycles. The van der Waals surface area contributed by atoms with Crippen molar-refractivity contribution in [1.29, 1.82) is 0 Å². The minimum atomic E-state index is -0.891. The van der Waals surface area contributed by atoms with E-state index in [0.717, 1.165) is 41.9 Å². The summed E-state index contributed by atoms with van der Waals surface area (Å²) in [6.07, 6.45) is 3.63. The van der Waals surface area contributed by atoms with Gasteiger partial charge in [0, 0.05) is 37.4 Å². The summed E-state index contributed by atoms with van der Waals surface area (Å²) >= 11 is 0. The Hall–Kier alpha value is -2.78. The van der Waals surface area contributed by atoms with Crippen molar-refractivity contribution in [3.05, 3.63) is 70.8 Å². The quantitative estimate of drug-likeness (QED) is 0.402. The zero-order chi connectivity index (χ0) is 26.9. The summed E-state index contributed by atoms with van der Waals surface area (Å²) in [4.78, 5) is 25.1. The van der Waals surface area contributed by atoms with Crippen molar-refractivity contribution < 1.29 is 29.3 Å². The number of hydrogen-bond donors (Lipinski definition) is 3. The molecule has 4 atom stereocenters. The molecule has 0 radical (unpaired) electrons. The van der Waals surface area contributed by atoms with Crippen LogP contribution in [0.5, 0.6) is 0 Å². The number of likely N-dealkylation sites (tertiary alicyclic amines) is 1. The summed E-state index contributed by atoms with van der Waals surface area (Å²) in [6.45, 7) is 5.66. The van der Waals surface area contributed by atoms with Gasteiger partial charge in [0.15, 0.2) is 6.29 Å². The Morgan fingerprint density at radius 3 is 2.24 bits per heavy atom. The predicted molar refractivity (Wildman–Crippen MR) is 143 cm³/mol. The van der Waals surface area contributed by atoms with Crippen LogP contribution < -0.4 is 5.32 Å². The second-order valence-electron chi connectivity index (χ2n) is 10.4. The average Bonchev–Trinajstić information content (AvgIpc) is 2.94. The fraction of sp³-hybridized carbons (Fsp3) is 0.533. The number of carbonyl (C=O) groups excluding carboxylic acids is 1. The van der Waals surface area contributed by atoms with Gasteiger partial charge in [-0.2, -0.15) is 0 Å². The third kappa shape index (κ3) is 7.86. The van der Waals surface area contributed by atoms with Gasteiger partial charge in [-0.25, -0.2) is 0 Å². The molecule has 0 unspecified atom stereocenters. The maximum atomic E-state index is 12.0. The van der Waals surface area contributed by atoms with E-state index in [1.165, 1.54) is 19.3 Å². The number of ether oxygens (including phenoxy) is 2. The van der Waals surface area contributed by atoms with Crippen LogP contribution in [0.15, 0.2) is 48.5 Å². The SMILES string of the molecule is C[C@@H]1[C@H](CN2CCCCC2)O[C@H](c2ccc(CNC(=O)CCCC(=O)O)cc2)O[C@@H]1c1ccc(CO)cc1. The Bertz CT molecular complexity index is 1040. The largest absolute Gasteiger partial charge is 0.481 e. The molecule has 2 saturated heterocycles. The van der Waals surface area contributed by atoms with Gasteiger partial charge in [0.05, 0.1) is 18.8 Å². The number of hydrogen-bond acceptors (Lipinski definition) is 6.